The Morgan fingerprint density at radius 1 is 1.32 bits per heavy atom. The smallest absolute Gasteiger partial charge is 0.338 e. The molecule has 4 rings (SSSR count). The molecular formula is C15H14ClN5O7. The first-order valence-electron chi connectivity index (χ1n) is 8.15. The molecule has 12 nitrogen and oxygen atoms in total. The van der Waals surface area contributed by atoms with E-state index < -0.39 is 48.5 Å². The van der Waals surface area contributed by atoms with Gasteiger partial charge in [-0.15, -0.1) is 0 Å². The molecule has 148 valence electrons. The van der Waals surface area contributed by atoms with Gasteiger partial charge in [0.2, 0.25) is 11.9 Å². The predicted octanol–water partition coefficient (Wildman–Crippen LogP) is -0.447. The fourth-order valence-corrected chi connectivity index (χ4v) is 3.43. The Morgan fingerprint density at radius 3 is 2.75 bits per heavy atom. The summed E-state index contributed by atoms with van der Waals surface area (Å²) in [5, 5.41) is 12.4. The number of hydrogen-bond acceptors (Lipinski definition) is 10. The molecule has 2 aromatic heterocycles. The molecule has 2 fully saturated rings. The van der Waals surface area contributed by atoms with Gasteiger partial charge in [0.05, 0.1) is 6.33 Å². The van der Waals surface area contributed by atoms with Crippen molar-refractivity contribution in [2.24, 2.45) is 0 Å². The molecule has 13 heteroatoms. The lowest BCUT2D eigenvalue weighted by Gasteiger charge is -2.22. The maximum Gasteiger partial charge on any atom is 0.338 e. The van der Waals surface area contributed by atoms with Gasteiger partial charge in [0.1, 0.15) is 11.6 Å². The van der Waals surface area contributed by atoms with E-state index in [2.05, 4.69) is 20.3 Å². The number of halogens is 1. The van der Waals surface area contributed by atoms with Crippen LogP contribution in [0.4, 0.5) is 5.95 Å². The van der Waals surface area contributed by atoms with Crippen LogP contribution < -0.4 is 5.32 Å². The van der Waals surface area contributed by atoms with Crippen LogP contribution in [0.15, 0.2) is 6.33 Å². The van der Waals surface area contributed by atoms with Crippen molar-refractivity contribution in [3.63, 3.8) is 0 Å². The SMILES string of the molecule is CC(=O)Nc1nc(Cl)c2ncn(C3O[C@H]4[C@H](OC(=O)[C@@H]4O)[C@H]3OC(C)=O)c2n1. The lowest BCUT2D eigenvalue weighted by molar-refractivity contribution is -0.168. The average molecular weight is 412 g/mol. The Labute approximate surface area is 161 Å². The number of aromatic nitrogens is 4. The summed E-state index contributed by atoms with van der Waals surface area (Å²) in [7, 11) is 0. The number of ether oxygens (including phenoxy) is 3. The van der Waals surface area contributed by atoms with Crippen molar-refractivity contribution < 1.29 is 33.7 Å². The fourth-order valence-electron chi connectivity index (χ4n) is 3.21. The van der Waals surface area contributed by atoms with Gasteiger partial charge >= 0.3 is 11.9 Å². The van der Waals surface area contributed by atoms with Gasteiger partial charge < -0.3 is 19.3 Å². The van der Waals surface area contributed by atoms with Crippen LogP contribution in [-0.2, 0) is 28.6 Å². The highest BCUT2D eigenvalue weighted by Gasteiger charge is 2.59. The number of aliphatic hydroxyl groups is 1. The van der Waals surface area contributed by atoms with Gasteiger partial charge in [-0.3, -0.25) is 19.5 Å². The van der Waals surface area contributed by atoms with E-state index in [4.69, 9.17) is 25.8 Å². The van der Waals surface area contributed by atoms with Crippen molar-refractivity contribution in [1.82, 2.24) is 19.5 Å². The van der Waals surface area contributed by atoms with Gasteiger partial charge in [0, 0.05) is 13.8 Å². The number of aliphatic hydroxyl groups excluding tert-OH is 1. The molecule has 5 atom stereocenters. The minimum absolute atomic E-state index is 0.0128. The van der Waals surface area contributed by atoms with Gasteiger partial charge in [-0.2, -0.15) is 9.97 Å². The maximum atomic E-state index is 11.6. The Hall–Kier alpha value is -2.83. The third kappa shape index (κ3) is 2.95. The second-order valence-electron chi connectivity index (χ2n) is 6.25. The largest absolute Gasteiger partial charge is 0.454 e. The van der Waals surface area contributed by atoms with Crippen molar-refractivity contribution in [2.75, 3.05) is 5.32 Å². The predicted molar refractivity (Wildman–Crippen MR) is 90.0 cm³/mol. The molecule has 2 aliphatic rings. The van der Waals surface area contributed by atoms with E-state index in [1.54, 1.807) is 0 Å². The highest BCUT2D eigenvalue weighted by molar-refractivity contribution is 6.33. The molecule has 2 aliphatic heterocycles. The number of esters is 2. The van der Waals surface area contributed by atoms with Crippen LogP contribution in [0.2, 0.25) is 5.15 Å². The summed E-state index contributed by atoms with van der Waals surface area (Å²) in [4.78, 5) is 46.8. The number of carbonyl (C=O) groups excluding carboxylic acids is 3. The van der Waals surface area contributed by atoms with Crippen molar-refractivity contribution in [3.05, 3.63) is 11.5 Å². The zero-order chi connectivity index (χ0) is 20.2. The highest BCUT2D eigenvalue weighted by Crippen LogP contribution is 2.40. The van der Waals surface area contributed by atoms with Crippen LogP contribution in [-0.4, -0.2) is 66.9 Å². The Kier molecular flexibility index (Phi) is 4.40. The zero-order valence-electron chi connectivity index (χ0n) is 14.5. The number of rotatable bonds is 3. The summed E-state index contributed by atoms with van der Waals surface area (Å²) >= 11 is 6.11. The number of nitrogens with one attached hydrogen (secondary N) is 1. The Bertz CT molecular complexity index is 995. The third-order valence-corrected chi connectivity index (χ3v) is 4.54. The first kappa shape index (κ1) is 18.5. The standard InChI is InChI=1S/C15H14ClN5O7/c1-4(22)18-15-19-11(16)6-12(20-15)21(3-17-6)13-10(26-5(2)23)9-8(27-13)7(24)14(25)28-9/h3,7-10,13,24H,1-2H3,(H,18,19,20,22)/t7-,8-,9+,10-,13?/m1/s1. The lowest BCUT2D eigenvalue weighted by atomic mass is 10.1. The number of carbonyl (C=O) groups is 3. The molecule has 2 aromatic rings. The number of hydrogen-bond donors (Lipinski definition) is 2. The Morgan fingerprint density at radius 2 is 2.07 bits per heavy atom. The van der Waals surface area contributed by atoms with E-state index in [1.807, 2.05) is 0 Å². The molecule has 0 saturated carbocycles. The maximum absolute atomic E-state index is 11.6. The summed E-state index contributed by atoms with van der Waals surface area (Å²) in [6.07, 6.45) is -4.29. The summed E-state index contributed by atoms with van der Waals surface area (Å²) < 4.78 is 17.6. The molecule has 1 amide bonds. The topological polar surface area (TPSA) is 155 Å². The summed E-state index contributed by atoms with van der Waals surface area (Å²) in [5.41, 5.74) is 0.405. The van der Waals surface area contributed by atoms with Crippen LogP contribution in [0.3, 0.4) is 0 Å². The quantitative estimate of drug-likeness (QED) is 0.501. The fraction of sp³-hybridized carbons (Fsp3) is 0.467. The number of fused-ring (bicyclic) bond motifs is 2. The van der Waals surface area contributed by atoms with E-state index in [0.717, 1.165) is 0 Å². The van der Waals surface area contributed by atoms with Crippen molar-refractivity contribution in [3.8, 4) is 0 Å². The van der Waals surface area contributed by atoms with Gasteiger partial charge in [0.15, 0.2) is 35.3 Å². The molecule has 0 radical (unpaired) electrons. The summed E-state index contributed by atoms with van der Waals surface area (Å²) in [6.45, 7) is 2.48. The number of imidazole rings is 1. The third-order valence-electron chi connectivity index (χ3n) is 4.27. The molecule has 0 bridgehead atoms. The van der Waals surface area contributed by atoms with E-state index in [1.165, 1.54) is 24.7 Å². The first-order valence-corrected chi connectivity index (χ1v) is 8.53. The molecule has 4 heterocycles. The second-order valence-corrected chi connectivity index (χ2v) is 6.61. The molecule has 2 saturated heterocycles. The zero-order valence-corrected chi connectivity index (χ0v) is 15.3. The highest BCUT2D eigenvalue weighted by atomic mass is 35.5. The van der Waals surface area contributed by atoms with E-state index in [0.29, 0.717) is 0 Å². The molecule has 1 unspecified atom stereocenters. The summed E-state index contributed by atoms with van der Waals surface area (Å²) in [6, 6.07) is 0. The normalized spacial score (nSPS) is 28.9. The molecular weight excluding hydrogens is 398 g/mol. The average Bonchev–Trinajstić information content (AvgIpc) is 3.23. The van der Waals surface area contributed by atoms with Crippen LogP contribution >= 0.6 is 11.6 Å². The van der Waals surface area contributed by atoms with Crippen molar-refractivity contribution in [1.29, 1.82) is 0 Å². The molecule has 28 heavy (non-hydrogen) atoms. The number of nitrogens with zero attached hydrogens (tertiary/aromatic N) is 4. The minimum atomic E-state index is -1.52. The summed E-state index contributed by atoms with van der Waals surface area (Å²) in [5.74, 6) is -1.95. The Balaban J connectivity index is 1.77. The number of anilines is 1. The monoisotopic (exact) mass is 411 g/mol. The van der Waals surface area contributed by atoms with E-state index in [9.17, 15) is 19.5 Å². The lowest BCUT2D eigenvalue weighted by Crippen LogP contribution is -2.35. The van der Waals surface area contributed by atoms with Crippen LogP contribution in [0.1, 0.15) is 20.1 Å². The van der Waals surface area contributed by atoms with Crippen LogP contribution in [0.5, 0.6) is 0 Å². The molecule has 0 spiro atoms. The van der Waals surface area contributed by atoms with Gasteiger partial charge in [-0.05, 0) is 0 Å². The van der Waals surface area contributed by atoms with Gasteiger partial charge in [0.25, 0.3) is 0 Å². The van der Waals surface area contributed by atoms with Gasteiger partial charge in [-0.1, -0.05) is 11.6 Å². The van der Waals surface area contributed by atoms with Crippen LogP contribution in [0, 0.1) is 0 Å². The number of amides is 1. The molecule has 0 aromatic carbocycles. The van der Waals surface area contributed by atoms with Crippen molar-refractivity contribution in [2.45, 2.75) is 44.5 Å². The second kappa shape index (κ2) is 6.65. The van der Waals surface area contributed by atoms with E-state index in [-0.39, 0.29) is 22.3 Å². The molecule has 0 aliphatic carbocycles. The molecule has 2 N–H and O–H groups in total. The van der Waals surface area contributed by atoms with E-state index >= 15 is 0 Å². The first-order chi connectivity index (χ1) is 13.3. The van der Waals surface area contributed by atoms with Crippen molar-refractivity contribution >= 4 is 46.6 Å². The minimum Gasteiger partial charge on any atom is -0.454 e. The van der Waals surface area contributed by atoms with Gasteiger partial charge in [-0.25, -0.2) is 9.78 Å². The van der Waals surface area contributed by atoms with Crippen LogP contribution in [0.25, 0.3) is 11.2 Å².